The van der Waals surface area contributed by atoms with E-state index in [2.05, 4.69) is 25.5 Å². The largest absolute Gasteiger partial charge is 0.399 e. The lowest BCUT2D eigenvalue weighted by Gasteiger charge is -2.06. The highest BCUT2D eigenvalue weighted by Gasteiger charge is 2.05. The number of benzene rings is 1. The van der Waals surface area contributed by atoms with Gasteiger partial charge in [-0.1, -0.05) is 0 Å². The van der Waals surface area contributed by atoms with Crippen LogP contribution in [0.15, 0.2) is 29.3 Å². The highest BCUT2D eigenvalue weighted by molar-refractivity contribution is 5.81. The van der Waals surface area contributed by atoms with Crippen molar-refractivity contribution in [1.82, 2.24) is 24.7 Å². The summed E-state index contributed by atoms with van der Waals surface area (Å²) < 4.78 is 1.78. The van der Waals surface area contributed by atoms with Crippen LogP contribution in [0.4, 0.5) is 11.6 Å². The van der Waals surface area contributed by atoms with Gasteiger partial charge >= 0.3 is 0 Å². The molecule has 8 nitrogen and oxygen atoms in total. The van der Waals surface area contributed by atoms with Gasteiger partial charge in [-0.05, 0) is 18.2 Å². The van der Waals surface area contributed by atoms with E-state index in [0.717, 1.165) is 5.82 Å². The summed E-state index contributed by atoms with van der Waals surface area (Å²) in [6.45, 7) is 0.417. The molecule has 2 aromatic heterocycles. The summed E-state index contributed by atoms with van der Waals surface area (Å²) in [6, 6.07) is 5.03. The van der Waals surface area contributed by atoms with E-state index >= 15 is 0 Å². The minimum absolute atomic E-state index is 0.234. The molecule has 0 aliphatic heterocycles. The van der Waals surface area contributed by atoms with Crippen LogP contribution in [0, 0.1) is 0 Å². The third-order valence-electron chi connectivity index (χ3n) is 2.95. The Kier molecular flexibility index (Phi) is 2.82. The fourth-order valence-electron chi connectivity index (χ4n) is 1.87. The molecule has 1 aromatic carbocycles. The van der Waals surface area contributed by atoms with Crippen molar-refractivity contribution in [3.05, 3.63) is 40.7 Å². The van der Waals surface area contributed by atoms with Gasteiger partial charge < -0.3 is 15.6 Å². The Morgan fingerprint density at radius 3 is 3.05 bits per heavy atom. The molecule has 20 heavy (non-hydrogen) atoms. The summed E-state index contributed by atoms with van der Waals surface area (Å²) in [4.78, 5) is 19.0. The number of anilines is 2. The van der Waals surface area contributed by atoms with E-state index in [1.54, 1.807) is 29.1 Å². The van der Waals surface area contributed by atoms with Crippen LogP contribution < -0.4 is 16.6 Å². The molecule has 0 amide bonds. The maximum Gasteiger partial charge on any atom is 0.260 e. The first-order chi connectivity index (χ1) is 9.63. The van der Waals surface area contributed by atoms with Crippen molar-refractivity contribution in [2.45, 2.75) is 6.54 Å². The summed E-state index contributed by atoms with van der Waals surface area (Å²) in [5.74, 6) is 1.13. The molecule has 3 rings (SSSR count). The molecule has 0 spiro atoms. The molecule has 0 aliphatic carbocycles. The molecule has 102 valence electrons. The van der Waals surface area contributed by atoms with Gasteiger partial charge in [-0.15, -0.1) is 10.2 Å². The number of fused-ring (bicyclic) bond motifs is 1. The number of nitrogens with two attached hydrogens (primary N) is 1. The fraction of sp³-hybridized carbons (Fsp3) is 0.167. The van der Waals surface area contributed by atoms with E-state index in [4.69, 9.17) is 5.73 Å². The number of nitrogens with zero attached hydrogens (tertiary/aromatic N) is 4. The van der Waals surface area contributed by atoms with Crippen molar-refractivity contribution in [1.29, 1.82) is 0 Å². The summed E-state index contributed by atoms with van der Waals surface area (Å²) in [5, 5.41) is 11.2. The Bertz CT molecular complexity index is 820. The SMILES string of the molecule is Cn1cnnc1CNc1nc2ccc(N)cc2c(=O)[nH]1. The van der Waals surface area contributed by atoms with Gasteiger partial charge in [0.1, 0.15) is 6.33 Å². The number of nitrogen functional groups attached to an aromatic ring is 1. The molecule has 0 saturated heterocycles. The molecule has 0 bridgehead atoms. The maximum absolute atomic E-state index is 12.0. The Balaban J connectivity index is 1.91. The van der Waals surface area contributed by atoms with Crippen molar-refractivity contribution < 1.29 is 0 Å². The molecule has 4 N–H and O–H groups in total. The van der Waals surface area contributed by atoms with Crippen LogP contribution in [-0.4, -0.2) is 24.7 Å². The van der Waals surface area contributed by atoms with Crippen LogP contribution in [0.5, 0.6) is 0 Å². The van der Waals surface area contributed by atoms with Gasteiger partial charge in [0, 0.05) is 12.7 Å². The first-order valence-corrected chi connectivity index (χ1v) is 6.00. The number of aromatic amines is 1. The second kappa shape index (κ2) is 4.65. The Morgan fingerprint density at radius 1 is 1.45 bits per heavy atom. The number of hydrogen-bond acceptors (Lipinski definition) is 6. The van der Waals surface area contributed by atoms with Gasteiger partial charge in [0.25, 0.3) is 5.56 Å². The number of rotatable bonds is 3. The molecule has 2 heterocycles. The van der Waals surface area contributed by atoms with Crippen LogP contribution in [0.3, 0.4) is 0 Å². The Hall–Kier alpha value is -2.90. The third-order valence-corrected chi connectivity index (χ3v) is 2.95. The fourth-order valence-corrected chi connectivity index (χ4v) is 1.87. The average Bonchev–Trinajstić information content (AvgIpc) is 2.83. The monoisotopic (exact) mass is 271 g/mol. The van der Waals surface area contributed by atoms with Crippen LogP contribution in [0.1, 0.15) is 5.82 Å². The van der Waals surface area contributed by atoms with Crippen LogP contribution >= 0.6 is 0 Å². The summed E-state index contributed by atoms with van der Waals surface area (Å²) in [7, 11) is 1.84. The smallest absolute Gasteiger partial charge is 0.260 e. The molecular formula is C12H13N7O. The lowest BCUT2D eigenvalue weighted by Crippen LogP contribution is -2.14. The molecule has 0 unspecified atom stereocenters. The molecule has 8 heteroatoms. The molecule has 0 aliphatic rings. The quantitative estimate of drug-likeness (QED) is 0.588. The zero-order valence-electron chi connectivity index (χ0n) is 10.8. The first kappa shape index (κ1) is 12.2. The van der Waals surface area contributed by atoms with Crippen LogP contribution in [0.2, 0.25) is 0 Å². The van der Waals surface area contributed by atoms with Crippen LogP contribution in [-0.2, 0) is 13.6 Å². The predicted octanol–water partition coefficient (Wildman–Crippen LogP) is 0.246. The average molecular weight is 271 g/mol. The minimum Gasteiger partial charge on any atom is -0.399 e. The van der Waals surface area contributed by atoms with Crippen molar-refractivity contribution in [2.24, 2.45) is 7.05 Å². The summed E-state index contributed by atoms with van der Waals surface area (Å²) in [5.41, 5.74) is 6.54. The topological polar surface area (TPSA) is 115 Å². The Morgan fingerprint density at radius 2 is 2.30 bits per heavy atom. The first-order valence-electron chi connectivity index (χ1n) is 6.00. The molecule has 3 aromatic rings. The number of nitrogens with one attached hydrogen (secondary N) is 2. The van der Waals surface area contributed by atoms with Gasteiger partial charge in [-0.25, -0.2) is 4.98 Å². The van der Waals surface area contributed by atoms with E-state index in [0.29, 0.717) is 29.1 Å². The van der Waals surface area contributed by atoms with E-state index in [-0.39, 0.29) is 5.56 Å². The second-order valence-electron chi connectivity index (χ2n) is 4.40. The van der Waals surface area contributed by atoms with Crippen molar-refractivity contribution in [2.75, 3.05) is 11.1 Å². The highest BCUT2D eigenvalue weighted by Crippen LogP contribution is 2.12. The molecule has 0 saturated carbocycles. The van der Waals surface area contributed by atoms with Gasteiger partial charge in [-0.3, -0.25) is 9.78 Å². The maximum atomic E-state index is 12.0. The number of hydrogen-bond donors (Lipinski definition) is 3. The van der Waals surface area contributed by atoms with Gasteiger partial charge in [0.05, 0.1) is 17.4 Å². The van der Waals surface area contributed by atoms with E-state index < -0.39 is 0 Å². The second-order valence-corrected chi connectivity index (χ2v) is 4.40. The zero-order valence-corrected chi connectivity index (χ0v) is 10.8. The summed E-state index contributed by atoms with van der Waals surface area (Å²) in [6.07, 6.45) is 1.61. The number of aryl methyl sites for hydroxylation is 1. The zero-order chi connectivity index (χ0) is 14.1. The van der Waals surface area contributed by atoms with E-state index in [1.165, 1.54) is 0 Å². The summed E-state index contributed by atoms with van der Waals surface area (Å²) >= 11 is 0. The highest BCUT2D eigenvalue weighted by atomic mass is 16.1. The minimum atomic E-state index is -0.234. The molecule has 0 fully saturated rings. The van der Waals surface area contributed by atoms with Crippen LogP contribution in [0.25, 0.3) is 10.9 Å². The van der Waals surface area contributed by atoms with Gasteiger partial charge in [0.2, 0.25) is 5.95 Å². The van der Waals surface area contributed by atoms with E-state index in [9.17, 15) is 4.79 Å². The number of H-pyrrole nitrogens is 1. The molecule has 0 radical (unpaired) electrons. The van der Waals surface area contributed by atoms with Crippen molar-refractivity contribution in [3.63, 3.8) is 0 Å². The normalized spacial score (nSPS) is 10.8. The predicted molar refractivity (Wildman–Crippen MR) is 75.1 cm³/mol. The van der Waals surface area contributed by atoms with Gasteiger partial charge in [-0.2, -0.15) is 0 Å². The van der Waals surface area contributed by atoms with Crippen molar-refractivity contribution >= 4 is 22.5 Å². The molecule has 0 atom stereocenters. The van der Waals surface area contributed by atoms with Crippen molar-refractivity contribution in [3.8, 4) is 0 Å². The number of aromatic nitrogens is 5. The van der Waals surface area contributed by atoms with E-state index in [1.807, 2.05) is 7.05 Å². The lowest BCUT2D eigenvalue weighted by atomic mass is 10.2. The standard InChI is InChI=1S/C12H13N7O/c1-19-6-15-18-10(19)5-14-12-16-9-3-2-7(13)4-8(9)11(20)17-12/h2-4,6H,5,13H2,1H3,(H2,14,16,17,20). The third kappa shape index (κ3) is 2.18. The van der Waals surface area contributed by atoms with Gasteiger partial charge in [0.15, 0.2) is 5.82 Å². The Labute approximate surface area is 113 Å². The lowest BCUT2D eigenvalue weighted by molar-refractivity contribution is 0.807. The molecular weight excluding hydrogens is 258 g/mol.